The Labute approximate surface area is 92.5 Å². The predicted molar refractivity (Wildman–Crippen MR) is 53.5 cm³/mol. The molecule has 7 nitrogen and oxygen atoms in total. The zero-order valence-corrected chi connectivity index (χ0v) is 8.89. The number of hydrogen-bond acceptors (Lipinski definition) is 5. The minimum atomic E-state index is -2.34. The van der Waals surface area contributed by atoms with Gasteiger partial charge in [0.25, 0.3) is 5.69 Å². The SMILES string of the molecule is COC(=O)c1ccc(S(=O)O)cc1[N+](=O)[O-]. The van der Waals surface area contributed by atoms with Crippen LogP contribution in [0.4, 0.5) is 5.69 Å². The average molecular weight is 245 g/mol. The zero-order chi connectivity index (χ0) is 12.3. The Kier molecular flexibility index (Phi) is 3.69. The number of nitro groups is 1. The molecule has 1 rings (SSSR count). The summed E-state index contributed by atoms with van der Waals surface area (Å²) < 4.78 is 23.8. The van der Waals surface area contributed by atoms with Crippen LogP contribution in [0, 0.1) is 10.1 Å². The van der Waals surface area contributed by atoms with Gasteiger partial charge in [0.05, 0.1) is 16.9 Å². The molecule has 1 N–H and O–H groups in total. The molecule has 1 atom stereocenters. The molecule has 0 saturated heterocycles. The van der Waals surface area contributed by atoms with E-state index in [0.29, 0.717) is 0 Å². The number of nitrogens with zero attached hydrogens (tertiary/aromatic N) is 1. The van der Waals surface area contributed by atoms with E-state index in [2.05, 4.69) is 4.74 Å². The van der Waals surface area contributed by atoms with Crippen molar-refractivity contribution in [3.05, 3.63) is 33.9 Å². The van der Waals surface area contributed by atoms with E-state index in [9.17, 15) is 19.1 Å². The van der Waals surface area contributed by atoms with Gasteiger partial charge in [-0.1, -0.05) is 0 Å². The molecule has 1 aromatic carbocycles. The standard InChI is InChI=1S/C8H7NO6S/c1-15-8(10)6-3-2-5(16(13)14)4-7(6)9(11)12/h2-4H,1H3,(H,13,14). The Morgan fingerprint density at radius 1 is 1.56 bits per heavy atom. The van der Waals surface area contributed by atoms with Crippen LogP contribution in [0.3, 0.4) is 0 Å². The number of carbonyl (C=O) groups excluding carboxylic acids is 1. The van der Waals surface area contributed by atoms with Gasteiger partial charge in [-0.2, -0.15) is 0 Å². The molecule has 0 spiro atoms. The van der Waals surface area contributed by atoms with Crippen LogP contribution < -0.4 is 0 Å². The van der Waals surface area contributed by atoms with Crippen LogP contribution in [-0.4, -0.2) is 26.8 Å². The second kappa shape index (κ2) is 4.81. The zero-order valence-electron chi connectivity index (χ0n) is 8.08. The van der Waals surface area contributed by atoms with Crippen molar-refractivity contribution in [1.82, 2.24) is 0 Å². The molecule has 0 aliphatic heterocycles. The predicted octanol–water partition coefficient (Wildman–Crippen LogP) is 0.962. The van der Waals surface area contributed by atoms with E-state index in [1.807, 2.05) is 0 Å². The maximum atomic E-state index is 11.2. The summed E-state index contributed by atoms with van der Waals surface area (Å²) in [4.78, 5) is 20.8. The van der Waals surface area contributed by atoms with Crippen molar-refractivity contribution >= 4 is 22.7 Å². The fourth-order valence-corrected chi connectivity index (χ4v) is 1.45. The summed E-state index contributed by atoms with van der Waals surface area (Å²) in [6, 6.07) is 3.09. The highest BCUT2D eigenvalue weighted by Gasteiger charge is 2.22. The number of rotatable bonds is 3. The van der Waals surface area contributed by atoms with Crippen molar-refractivity contribution in [3.8, 4) is 0 Å². The van der Waals surface area contributed by atoms with Gasteiger partial charge >= 0.3 is 5.97 Å². The maximum absolute atomic E-state index is 11.2. The molecule has 0 aliphatic rings. The average Bonchev–Trinajstić information content (AvgIpc) is 2.26. The van der Waals surface area contributed by atoms with E-state index in [1.165, 1.54) is 0 Å². The highest BCUT2D eigenvalue weighted by Crippen LogP contribution is 2.22. The molecule has 0 amide bonds. The lowest BCUT2D eigenvalue weighted by atomic mass is 10.2. The van der Waals surface area contributed by atoms with Crippen molar-refractivity contribution < 1.29 is 23.2 Å². The third kappa shape index (κ3) is 2.41. The molecule has 0 bridgehead atoms. The Morgan fingerprint density at radius 2 is 2.19 bits per heavy atom. The van der Waals surface area contributed by atoms with Gasteiger partial charge in [0.2, 0.25) is 0 Å². The van der Waals surface area contributed by atoms with Crippen molar-refractivity contribution in [2.45, 2.75) is 4.90 Å². The van der Waals surface area contributed by atoms with Gasteiger partial charge in [-0.3, -0.25) is 10.1 Å². The Morgan fingerprint density at radius 3 is 2.62 bits per heavy atom. The number of carbonyl (C=O) groups is 1. The molecule has 0 radical (unpaired) electrons. The molecule has 8 heteroatoms. The largest absolute Gasteiger partial charge is 0.465 e. The number of nitro benzene ring substituents is 1. The minimum Gasteiger partial charge on any atom is -0.465 e. The van der Waals surface area contributed by atoms with Crippen molar-refractivity contribution in [1.29, 1.82) is 0 Å². The lowest BCUT2D eigenvalue weighted by molar-refractivity contribution is -0.385. The summed E-state index contributed by atoms with van der Waals surface area (Å²) in [5.74, 6) is -0.873. The van der Waals surface area contributed by atoms with E-state index in [0.717, 1.165) is 25.3 Å². The Hall–Kier alpha value is -1.80. The van der Waals surface area contributed by atoms with Crippen LogP contribution in [0.5, 0.6) is 0 Å². The summed E-state index contributed by atoms with van der Waals surface area (Å²) in [6.07, 6.45) is 0. The first-order valence-electron chi connectivity index (χ1n) is 3.95. The first kappa shape index (κ1) is 12.3. The summed E-state index contributed by atoms with van der Waals surface area (Å²) in [5.41, 5.74) is -0.826. The molecular weight excluding hydrogens is 238 g/mol. The second-order valence-corrected chi connectivity index (χ2v) is 3.65. The Bertz CT molecular complexity index is 472. The van der Waals surface area contributed by atoms with E-state index in [4.69, 9.17) is 4.55 Å². The van der Waals surface area contributed by atoms with Gasteiger partial charge in [0.1, 0.15) is 5.56 Å². The number of hydrogen-bond donors (Lipinski definition) is 1. The van der Waals surface area contributed by atoms with Crippen LogP contribution in [0.1, 0.15) is 10.4 Å². The van der Waals surface area contributed by atoms with Gasteiger partial charge in [-0.05, 0) is 12.1 Å². The lowest BCUT2D eigenvalue weighted by Crippen LogP contribution is -2.06. The van der Waals surface area contributed by atoms with Gasteiger partial charge in [-0.15, -0.1) is 0 Å². The summed E-state index contributed by atoms with van der Waals surface area (Å²) in [6.45, 7) is 0. The normalized spacial score (nSPS) is 11.9. The number of ether oxygens (including phenoxy) is 1. The monoisotopic (exact) mass is 245 g/mol. The highest BCUT2D eigenvalue weighted by molar-refractivity contribution is 7.79. The lowest BCUT2D eigenvalue weighted by Gasteiger charge is -2.02. The van der Waals surface area contributed by atoms with Crippen LogP contribution in [0.15, 0.2) is 23.1 Å². The molecule has 0 fully saturated rings. The first-order valence-corrected chi connectivity index (χ1v) is 5.05. The smallest absolute Gasteiger partial charge is 0.344 e. The fourth-order valence-electron chi connectivity index (χ4n) is 1.05. The van der Waals surface area contributed by atoms with E-state index < -0.39 is 27.7 Å². The van der Waals surface area contributed by atoms with Crippen molar-refractivity contribution in [2.24, 2.45) is 0 Å². The molecule has 1 aromatic rings. The number of benzene rings is 1. The fraction of sp³-hybridized carbons (Fsp3) is 0.125. The first-order chi connectivity index (χ1) is 7.47. The van der Waals surface area contributed by atoms with Crippen molar-refractivity contribution in [3.63, 3.8) is 0 Å². The quantitative estimate of drug-likeness (QED) is 0.368. The summed E-state index contributed by atoms with van der Waals surface area (Å²) >= 11 is -2.34. The van der Waals surface area contributed by atoms with Crippen molar-refractivity contribution in [2.75, 3.05) is 7.11 Å². The molecule has 1 unspecified atom stereocenters. The molecule has 0 aromatic heterocycles. The summed E-state index contributed by atoms with van der Waals surface area (Å²) in [7, 11) is 1.09. The molecular formula is C8H7NO6S. The maximum Gasteiger partial charge on any atom is 0.344 e. The molecule has 0 heterocycles. The van der Waals surface area contributed by atoms with Crippen LogP contribution in [0.2, 0.25) is 0 Å². The van der Waals surface area contributed by atoms with Gasteiger partial charge in [0, 0.05) is 6.07 Å². The third-order valence-electron chi connectivity index (χ3n) is 1.77. The highest BCUT2D eigenvalue weighted by atomic mass is 32.2. The van der Waals surface area contributed by atoms with E-state index >= 15 is 0 Å². The number of methoxy groups -OCH3 is 1. The van der Waals surface area contributed by atoms with Gasteiger partial charge in [0.15, 0.2) is 11.1 Å². The molecule has 0 aliphatic carbocycles. The van der Waals surface area contributed by atoms with E-state index in [-0.39, 0.29) is 10.5 Å². The minimum absolute atomic E-state index is 0.153. The third-order valence-corrected chi connectivity index (χ3v) is 2.43. The molecule has 86 valence electrons. The molecule has 16 heavy (non-hydrogen) atoms. The van der Waals surface area contributed by atoms with Gasteiger partial charge in [-0.25, -0.2) is 9.00 Å². The topological polar surface area (TPSA) is 107 Å². The van der Waals surface area contributed by atoms with Crippen LogP contribution in [0.25, 0.3) is 0 Å². The van der Waals surface area contributed by atoms with E-state index in [1.54, 1.807) is 0 Å². The van der Waals surface area contributed by atoms with Gasteiger partial charge < -0.3 is 9.29 Å². The Balaban J connectivity index is 3.36. The summed E-state index contributed by atoms with van der Waals surface area (Å²) in [5, 5.41) is 10.6. The second-order valence-electron chi connectivity index (χ2n) is 2.68. The number of esters is 1. The van der Waals surface area contributed by atoms with Crippen LogP contribution >= 0.6 is 0 Å². The van der Waals surface area contributed by atoms with Crippen LogP contribution in [-0.2, 0) is 15.8 Å². The molecule has 0 saturated carbocycles.